The Hall–Kier alpha value is -2.52. The number of rotatable bonds is 6. The smallest absolute Gasteiger partial charge is 0.391 e. The van der Waals surface area contributed by atoms with Gasteiger partial charge in [0, 0.05) is 25.0 Å². The van der Waals surface area contributed by atoms with Crippen LogP contribution in [0.5, 0.6) is 0 Å². The number of benzene rings is 2. The number of likely N-dealkylation sites (tertiary alicyclic amines) is 1. The molecule has 9 heteroatoms. The molecule has 2 fully saturated rings. The fraction of sp³-hybridized carbons (Fsp3) is 0.536. The maximum Gasteiger partial charge on any atom is 0.416 e. The first-order valence-corrected chi connectivity index (χ1v) is 12.7. The first-order chi connectivity index (χ1) is 17.4. The summed E-state index contributed by atoms with van der Waals surface area (Å²) in [5.74, 6) is -1.66. The molecule has 0 spiro atoms. The molecule has 1 amide bonds. The van der Waals surface area contributed by atoms with Gasteiger partial charge in [-0.2, -0.15) is 13.2 Å². The van der Waals surface area contributed by atoms with Crippen molar-refractivity contribution in [3.8, 4) is 0 Å². The standard InChI is InChI=1S/C28H33F5N2O2/c1-17(2)27(26(37)34-15-18-11-20(28(31,32)33)13-22(30)12-18)9-7-23(14-27)35-10-8-24(25(36)16-35)19-3-5-21(29)6-4-19/h3-6,11-13,17,23-25,36H,7-10,14-16H2,1-2H3,(H,34,37). The first-order valence-electron chi connectivity index (χ1n) is 12.7. The van der Waals surface area contributed by atoms with Crippen LogP contribution in [0.1, 0.15) is 62.1 Å². The minimum atomic E-state index is -4.67. The highest BCUT2D eigenvalue weighted by Crippen LogP contribution is 2.47. The number of nitrogens with one attached hydrogen (secondary N) is 1. The maximum absolute atomic E-state index is 13.8. The number of alkyl halides is 3. The quantitative estimate of drug-likeness (QED) is 0.481. The molecular weight excluding hydrogens is 491 g/mol. The SMILES string of the molecule is CC(C)C1(C(=O)NCc2cc(F)cc(C(F)(F)F)c2)CCC(N2CCC(c3ccc(F)cc3)C(O)C2)C1. The van der Waals surface area contributed by atoms with Gasteiger partial charge in [0.2, 0.25) is 5.91 Å². The zero-order valence-corrected chi connectivity index (χ0v) is 21.0. The van der Waals surface area contributed by atoms with Crippen LogP contribution in [-0.4, -0.2) is 41.1 Å². The highest BCUT2D eigenvalue weighted by atomic mass is 19.4. The molecule has 0 bridgehead atoms. The highest BCUT2D eigenvalue weighted by Gasteiger charge is 2.49. The molecule has 4 atom stereocenters. The Balaban J connectivity index is 1.40. The van der Waals surface area contributed by atoms with Crippen LogP contribution in [0.2, 0.25) is 0 Å². The van der Waals surface area contributed by atoms with Crippen LogP contribution in [0.3, 0.4) is 0 Å². The Morgan fingerprint density at radius 1 is 1.11 bits per heavy atom. The summed E-state index contributed by atoms with van der Waals surface area (Å²) in [7, 11) is 0. The Bertz CT molecular complexity index is 1100. The molecule has 4 nitrogen and oxygen atoms in total. The summed E-state index contributed by atoms with van der Waals surface area (Å²) < 4.78 is 66.2. The lowest BCUT2D eigenvalue weighted by Gasteiger charge is -2.40. The average molecular weight is 525 g/mol. The molecule has 4 rings (SSSR count). The van der Waals surface area contributed by atoms with E-state index in [1.54, 1.807) is 12.1 Å². The summed E-state index contributed by atoms with van der Waals surface area (Å²) in [6.45, 7) is 4.92. The van der Waals surface area contributed by atoms with Gasteiger partial charge in [0.05, 0.1) is 17.1 Å². The van der Waals surface area contributed by atoms with Gasteiger partial charge in [0.25, 0.3) is 0 Å². The Morgan fingerprint density at radius 3 is 2.43 bits per heavy atom. The molecule has 1 aliphatic heterocycles. The third-order valence-corrected chi connectivity index (χ3v) is 8.25. The number of aliphatic hydroxyl groups excluding tert-OH is 1. The molecule has 1 heterocycles. The van der Waals surface area contributed by atoms with E-state index >= 15 is 0 Å². The third kappa shape index (κ3) is 5.98. The fourth-order valence-corrected chi connectivity index (χ4v) is 6.01. The fourth-order valence-electron chi connectivity index (χ4n) is 6.01. The van der Waals surface area contributed by atoms with E-state index in [0.717, 1.165) is 30.7 Å². The lowest BCUT2D eigenvalue weighted by atomic mass is 9.74. The number of aliphatic hydroxyl groups is 1. The summed E-state index contributed by atoms with van der Waals surface area (Å²) in [6, 6.07) is 8.59. The van der Waals surface area contributed by atoms with Crippen LogP contribution in [-0.2, 0) is 17.5 Å². The summed E-state index contributed by atoms with van der Waals surface area (Å²) in [5, 5.41) is 13.6. The van der Waals surface area contributed by atoms with Crippen molar-refractivity contribution in [2.45, 2.75) is 70.3 Å². The predicted molar refractivity (Wildman–Crippen MR) is 129 cm³/mol. The number of nitrogens with zero attached hydrogens (tertiary/aromatic N) is 1. The average Bonchev–Trinajstić information content (AvgIpc) is 3.29. The topological polar surface area (TPSA) is 52.6 Å². The number of carbonyl (C=O) groups is 1. The molecular formula is C28H33F5N2O2. The lowest BCUT2D eigenvalue weighted by molar-refractivity contribution is -0.137. The number of piperidine rings is 1. The van der Waals surface area contributed by atoms with Crippen molar-refractivity contribution >= 4 is 5.91 Å². The van der Waals surface area contributed by atoms with Gasteiger partial charge in [0.15, 0.2) is 0 Å². The number of hydrogen-bond donors (Lipinski definition) is 2. The molecule has 202 valence electrons. The highest BCUT2D eigenvalue weighted by molar-refractivity contribution is 5.83. The summed E-state index contributed by atoms with van der Waals surface area (Å²) in [5.41, 5.74) is -0.829. The van der Waals surface area contributed by atoms with Crippen LogP contribution in [0, 0.1) is 23.0 Å². The van der Waals surface area contributed by atoms with Gasteiger partial charge in [-0.1, -0.05) is 26.0 Å². The second kappa shape index (κ2) is 10.7. The van der Waals surface area contributed by atoms with Crippen LogP contribution in [0.25, 0.3) is 0 Å². The molecule has 37 heavy (non-hydrogen) atoms. The van der Waals surface area contributed by atoms with Crippen LogP contribution >= 0.6 is 0 Å². The summed E-state index contributed by atoms with van der Waals surface area (Å²) in [4.78, 5) is 15.6. The monoisotopic (exact) mass is 524 g/mol. The molecule has 1 saturated carbocycles. The number of amides is 1. The van der Waals surface area contributed by atoms with Crippen molar-refractivity contribution in [2.75, 3.05) is 13.1 Å². The van der Waals surface area contributed by atoms with E-state index in [4.69, 9.17) is 0 Å². The van der Waals surface area contributed by atoms with Gasteiger partial charge >= 0.3 is 6.18 Å². The van der Waals surface area contributed by atoms with Gasteiger partial charge < -0.3 is 10.4 Å². The molecule has 0 radical (unpaired) electrons. The van der Waals surface area contributed by atoms with Gasteiger partial charge in [-0.05, 0) is 79.6 Å². The van der Waals surface area contributed by atoms with Gasteiger partial charge in [-0.3, -0.25) is 9.69 Å². The van der Waals surface area contributed by atoms with Gasteiger partial charge in [-0.25, -0.2) is 8.78 Å². The molecule has 0 aromatic heterocycles. The second-order valence-corrected chi connectivity index (χ2v) is 10.7. The van der Waals surface area contributed by atoms with E-state index in [0.29, 0.717) is 31.9 Å². The molecule has 1 aliphatic carbocycles. The molecule has 1 saturated heterocycles. The molecule has 2 aromatic rings. The van der Waals surface area contributed by atoms with Crippen molar-refractivity contribution in [1.82, 2.24) is 10.2 Å². The van der Waals surface area contributed by atoms with Crippen molar-refractivity contribution in [3.63, 3.8) is 0 Å². The van der Waals surface area contributed by atoms with Crippen molar-refractivity contribution in [1.29, 1.82) is 0 Å². The molecule has 4 unspecified atom stereocenters. The zero-order chi connectivity index (χ0) is 27.0. The number of β-amino-alcohol motifs (C(OH)–C–C–N with tert-alkyl or cyclic N) is 1. The molecule has 2 aliphatic rings. The number of halogens is 5. The molecule has 2 N–H and O–H groups in total. The van der Waals surface area contributed by atoms with E-state index in [1.165, 1.54) is 12.1 Å². The normalized spacial score (nSPS) is 27.0. The minimum absolute atomic E-state index is 0.0163. The Kier molecular flexibility index (Phi) is 7.95. The maximum atomic E-state index is 13.8. The number of carbonyl (C=O) groups excluding carboxylic acids is 1. The zero-order valence-electron chi connectivity index (χ0n) is 21.0. The first kappa shape index (κ1) is 27.5. The Labute approximate surface area is 213 Å². The van der Waals surface area contributed by atoms with E-state index in [9.17, 15) is 31.9 Å². The minimum Gasteiger partial charge on any atom is -0.391 e. The van der Waals surface area contributed by atoms with Crippen LogP contribution in [0.15, 0.2) is 42.5 Å². The van der Waals surface area contributed by atoms with E-state index in [1.807, 2.05) is 13.8 Å². The van der Waals surface area contributed by atoms with Gasteiger partial charge in [0.1, 0.15) is 11.6 Å². The van der Waals surface area contributed by atoms with E-state index < -0.39 is 29.1 Å². The third-order valence-electron chi connectivity index (χ3n) is 8.25. The molecule has 2 aromatic carbocycles. The number of hydrogen-bond acceptors (Lipinski definition) is 3. The van der Waals surface area contributed by atoms with E-state index in [-0.39, 0.29) is 41.7 Å². The largest absolute Gasteiger partial charge is 0.416 e. The van der Waals surface area contributed by atoms with Crippen molar-refractivity contribution < 1.29 is 31.9 Å². The van der Waals surface area contributed by atoms with Crippen molar-refractivity contribution in [3.05, 3.63) is 70.8 Å². The van der Waals surface area contributed by atoms with Gasteiger partial charge in [-0.15, -0.1) is 0 Å². The van der Waals surface area contributed by atoms with Crippen molar-refractivity contribution in [2.24, 2.45) is 11.3 Å². The van der Waals surface area contributed by atoms with Crippen LogP contribution < -0.4 is 5.32 Å². The predicted octanol–water partition coefficient (Wildman–Crippen LogP) is 5.65. The van der Waals surface area contributed by atoms with E-state index in [2.05, 4.69) is 10.2 Å². The summed E-state index contributed by atoms with van der Waals surface area (Å²) in [6.07, 6.45) is -2.62. The lowest BCUT2D eigenvalue weighted by Crippen LogP contribution is -2.48. The summed E-state index contributed by atoms with van der Waals surface area (Å²) >= 11 is 0. The Morgan fingerprint density at radius 2 is 1.81 bits per heavy atom. The second-order valence-electron chi connectivity index (χ2n) is 10.7. The van der Waals surface area contributed by atoms with Crippen LogP contribution in [0.4, 0.5) is 22.0 Å².